The summed E-state index contributed by atoms with van der Waals surface area (Å²) in [6, 6.07) is 9.28. The summed E-state index contributed by atoms with van der Waals surface area (Å²) in [5.41, 5.74) is 4.32. The highest BCUT2D eigenvalue weighted by molar-refractivity contribution is 6.00. The van der Waals surface area contributed by atoms with E-state index in [0.717, 1.165) is 35.1 Å². The van der Waals surface area contributed by atoms with Crippen molar-refractivity contribution in [2.24, 2.45) is 0 Å². The number of carbonyl (C=O) groups is 3. The fraction of sp³-hybridized carbons (Fsp3) is 0.516. The number of carbonyl (C=O) groups excluding carboxylic acids is 3. The van der Waals surface area contributed by atoms with Crippen LogP contribution in [0, 0.1) is 27.7 Å². The Morgan fingerprint density at radius 3 is 2.15 bits per heavy atom. The van der Waals surface area contributed by atoms with Crippen molar-refractivity contribution in [3.63, 3.8) is 0 Å². The number of aliphatic hydroxyl groups excluding tert-OH is 1. The molecule has 0 saturated heterocycles. The number of anilines is 1. The average Bonchev–Trinajstić information content (AvgIpc) is 2.83. The number of aliphatic hydroxyl groups is 1. The molecule has 214 valence electrons. The van der Waals surface area contributed by atoms with Crippen molar-refractivity contribution >= 4 is 23.6 Å². The molecule has 0 fully saturated rings. The van der Waals surface area contributed by atoms with Crippen molar-refractivity contribution in [1.82, 2.24) is 10.2 Å². The van der Waals surface area contributed by atoms with Gasteiger partial charge in [-0.2, -0.15) is 0 Å². The Morgan fingerprint density at radius 1 is 0.974 bits per heavy atom. The van der Waals surface area contributed by atoms with Crippen LogP contribution in [-0.2, 0) is 14.3 Å². The molecular weight excluding hydrogens is 494 g/mol. The third kappa shape index (κ3) is 9.10. The molecule has 2 aromatic carbocycles. The maximum atomic E-state index is 14.1. The molecule has 2 rings (SSSR count). The number of nitrogens with zero attached hydrogens (tertiary/aromatic N) is 1. The molecule has 3 N–H and O–H groups in total. The molecule has 2 atom stereocenters. The van der Waals surface area contributed by atoms with Gasteiger partial charge < -0.3 is 25.4 Å². The summed E-state index contributed by atoms with van der Waals surface area (Å²) in [6.07, 6.45) is 1.62. The number of hydrogen-bond acceptors (Lipinski definition) is 5. The predicted octanol–water partition coefficient (Wildman–Crippen LogP) is 5.50. The van der Waals surface area contributed by atoms with E-state index in [0.29, 0.717) is 17.7 Å². The summed E-state index contributed by atoms with van der Waals surface area (Å²) in [4.78, 5) is 42.0. The molecule has 8 heteroatoms. The fourth-order valence-electron chi connectivity index (χ4n) is 4.52. The molecule has 0 aliphatic carbocycles. The third-order valence-corrected chi connectivity index (χ3v) is 6.47. The lowest BCUT2D eigenvalue weighted by molar-refractivity contribution is -0.141. The van der Waals surface area contributed by atoms with Crippen LogP contribution < -0.4 is 10.6 Å². The van der Waals surface area contributed by atoms with Gasteiger partial charge in [0.2, 0.25) is 5.91 Å². The molecule has 0 aliphatic heterocycles. The van der Waals surface area contributed by atoms with E-state index in [1.807, 2.05) is 64.1 Å². The van der Waals surface area contributed by atoms with Gasteiger partial charge in [-0.25, -0.2) is 4.79 Å². The molecule has 0 bridgehead atoms. The second kappa shape index (κ2) is 14.1. The normalized spacial score (nSPS) is 12.8. The highest BCUT2D eigenvalue weighted by Gasteiger charge is 2.37. The van der Waals surface area contributed by atoms with Crippen molar-refractivity contribution in [2.45, 2.75) is 92.3 Å². The molecular formula is C31H45N3O5. The molecule has 3 amide bonds. The number of alkyl carbamates (subject to hydrolysis) is 1. The first-order valence-corrected chi connectivity index (χ1v) is 13.6. The number of aryl methyl sites for hydroxylation is 4. The topological polar surface area (TPSA) is 108 Å². The number of nitrogens with one attached hydrogen (secondary N) is 2. The Hall–Kier alpha value is -3.39. The molecule has 0 aromatic heterocycles. The first-order valence-electron chi connectivity index (χ1n) is 13.6. The second-order valence-corrected chi connectivity index (χ2v) is 11.1. The number of unbranched alkanes of at least 4 members (excludes halogenated alkanes) is 2. The highest BCUT2D eigenvalue weighted by atomic mass is 16.6. The first kappa shape index (κ1) is 31.8. The third-order valence-electron chi connectivity index (χ3n) is 6.47. The monoisotopic (exact) mass is 539 g/mol. The van der Waals surface area contributed by atoms with Gasteiger partial charge in [0, 0.05) is 12.2 Å². The minimum atomic E-state index is -1.28. The van der Waals surface area contributed by atoms with Gasteiger partial charge in [-0.05, 0) is 77.1 Å². The summed E-state index contributed by atoms with van der Waals surface area (Å²) in [5.74, 6) is -0.917. The predicted molar refractivity (Wildman–Crippen MR) is 155 cm³/mol. The van der Waals surface area contributed by atoms with Crippen molar-refractivity contribution in [3.05, 3.63) is 64.2 Å². The van der Waals surface area contributed by atoms with Gasteiger partial charge in [0.05, 0.1) is 6.61 Å². The Labute approximate surface area is 233 Å². The molecule has 8 nitrogen and oxygen atoms in total. The maximum Gasteiger partial charge on any atom is 0.408 e. The first-order chi connectivity index (χ1) is 18.3. The zero-order valence-electron chi connectivity index (χ0n) is 24.7. The van der Waals surface area contributed by atoms with Gasteiger partial charge in [0.1, 0.15) is 17.7 Å². The van der Waals surface area contributed by atoms with E-state index in [2.05, 4.69) is 17.6 Å². The number of ether oxygens (including phenoxy) is 1. The van der Waals surface area contributed by atoms with Crippen LogP contribution in [0.5, 0.6) is 0 Å². The molecule has 0 radical (unpaired) electrons. The van der Waals surface area contributed by atoms with Crippen LogP contribution in [-0.4, -0.2) is 52.7 Å². The summed E-state index contributed by atoms with van der Waals surface area (Å²) >= 11 is 0. The van der Waals surface area contributed by atoms with Crippen molar-refractivity contribution in [3.8, 4) is 0 Å². The van der Waals surface area contributed by atoms with E-state index in [9.17, 15) is 19.5 Å². The van der Waals surface area contributed by atoms with Gasteiger partial charge in [-0.15, -0.1) is 0 Å². The number of para-hydroxylation sites is 1. The van der Waals surface area contributed by atoms with Crippen LogP contribution in [0.3, 0.4) is 0 Å². The maximum absolute atomic E-state index is 14.1. The number of hydrogen-bond donors (Lipinski definition) is 3. The number of rotatable bonds is 11. The smallest absolute Gasteiger partial charge is 0.408 e. The molecule has 0 aliphatic rings. The summed E-state index contributed by atoms with van der Waals surface area (Å²) in [7, 11) is 0. The van der Waals surface area contributed by atoms with Crippen molar-refractivity contribution < 1.29 is 24.2 Å². The van der Waals surface area contributed by atoms with Crippen LogP contribution in [0.15, 0.2) is 36.4 Å². The van der Waals surface area contributed by atoms with E-state index >= 15 is 0 Å². The summed E-state index contributed by atoms with van der Waals surface area (Å²) in [6.45, 7) is 14.6. The Balaban J connectivity index is 2.57. The SMILES string of the molecule is CCCCCN(C(=O)C(CO)NC(=O)OC(C)(C)C)C(C(=O)Nc1c(C)cccc1C)c1ccc(C)cc1C. The van der Waals surface area contributed by atoms with Gasteiger partial charge >= 0.3 is 6.09 Å². The van der Waals surface area contributed by atoms with Crippen LogP contribution in [0.25, 0.3) is 0 Å². The van der Waals surface area contributed by atoms with Crippen molar-refractivity contribution in [2.75, 3.05) is 18.5 Å². The van der Waals surface area contributed by atoms with Crippen LogP contribution in [0.2, 0.25) is 0 Å². The van der Waals surface area contributed by atoms with Gasteiger partial charge in [0.15, 0.2) is 0 Å². The van der Waals surface area contributed by atoms with E-state index in [1.54, 1.807) is 20.8 Å². The average molecular weight is 540 g/mol. The Morgan fingerprint density at radius 2 is 1.62 bits per heavy atom. The summed E-state index contributed by atoms with van der Waals surface area (Å²) in [5, 5.41) is 15.7. The van der Waals surface area contributed by atoms with Crippen LogP contribution >= 0.6 is 0 Å². The summed E-state index contributed by atoms with van der Waals surface area (Å²) < 4.78 is 5.32. The lowest BCUT2D eigenvalue weighted by Crippen LogP contribution is -2.54. The standard InChI is InChI=1S/C31H45N3O5/c1-9-10-11-17-34(29(37)25(19-35)32-30(38)39-31(6,7)8)27(24-16-15-20(2)18-23(24)5)28(36)33-26-21(3)13-12-14-22(26)4/h12-16,18,25,27,35H,9-11,17,19H2,1-8H3,(H,32,38)(H,33,36). The van der Waals surface area contributed by atoms with E-state index in [4.69, 9.17) is 4.74 Å². The fourth-order valence-corrected chi connectivity index (χ4v) is 4.52. The second-order valence-electron chi connectivity index (χ2n) is 11.1. The van der Waals surface area contributed by atoms with Gasteiger partial charge in [-0.3, -0.25) is 9.59 Å². The lowest BCUT2D eigenvalue weighted by Gasteiger charge is -2.35. The molecule has 2 unspecified atom stereocenters. The minimum absolute atomic E-state index is 0.275. The largest absolute Gasteiger partial charge is 0.444 e. The number of benzene rings is 2. The quantitative estimate of drug-likeness (QED) is 0.327. The highest BCUT2D eigenvalue weighted by Crippen LogP contribution is 2.29. The Kier molecular flexibility index (Phi) is 11.5. The van der Waals surface area contributed by atoms with Crippen LogP contribution in [0.4, 0.5) is 10.5 Å². The van der Waals surface area contributed by atoms with Crippen LogP contribution in [0.1, 0.15) is 80.8 Å². The van der Waals surface area contributed by atoms with E-state index in [-0.39, 0.29) is 12.5 Å². The molecule has 2 aromatic rings. The zero-order valence-corrected chi connectivity index (χ0v) is 24.7. The molecule has 0 heterocycles. The zero-order chi connectivity index (χ0) is 29.3. The number of amides is 3. The van der Waals surface area contributed by atoms with E-state index < -0.39 is 36.3 Å². The Bertz CT molecular complexity index is 1140. The lowest BCUT2D eigenvalue weighted by atomic mass is 9.95. The van der Waals surface area contributed by atoms with Crippen molar-refractivity contribution in [1.29, 1.82) is 0 Å². The van der Waals surface area contributed by atoms with Gasteiger partial charge in [0.25, 0.3) is 5.91 Å². The molecule has 0 saturated carbocycles. The van der Waals surface area contributed by atoms with E-state index in [1.165, 1.54) is 4.90 Å². The van der Waals surface area contributed by atoms with Gasteiger partial charge in [-0.1, -0.05) is 61.7 Å². The minimum Gasteiger partial charge on any atom is -0.444 e. The molecule has 0 spiro atoms. The molecule has 39 heavy (non-hydrogen) atoms.